The third kappa shape index (κ3) is 15.7. The summed E-state index contributed by atoms with van der Waals surface area (Å²) >= 11 is 0. The molecular weight excluding hydrogens is 362 g/mol. The molecule has 1 aliphatic heterocycles. The topological polar surface area (TPSA) is 0 Å². The molecule has 0 aromatic carbocycles. The maximum absolute atomic E-state index is 2.32. The molecule has 0 aromatic rings. The summed E-state index contributed by atoms with van der Waals surface area (Å²) in [6, 6.07) is 0. The fourth-order valence-corrected chi connectivity index (χ4v) is 5.61. The van der Waals surface area contributed by atoms with Crippen LogP contribution in [0.5, 0.6) is 0 Å². The van der Waals surface area contributed by atoms with Gasteiger partial charge in [0.15, 0.2) is 0 Å². The maximum Gasteiger partial charge on any atom is 0.0788 e. The molecule has 180 valence electrons. The van der Waals surface area contributed by atoms with Crippen LogP contribution < -0.4 is 0 Å². The fraction of sp³-hybridized carbons (Fsp3) is 1.00. The highest BCUT2D eigenvalue weighted by Gasteiger charge is 2.30. The van der Waals surface area contributed by atoms with Crippen molar-refractivity contribution in [1.82, 2.24) is 0 Å². The van der Waals surface area contributed by atoms with Gasteiger partial charge >= 0.3 is 0 Å². The minimum absolute atomic E-state index is 1.37. The Morgan fingerprint density at radius 3 is 0.933 bits per heavy atom. The molecule has 30 heavy (non-hydrogen) atoms. The number of unbranched alkanes of at least 4 members (excludes halogenated alkanes) is 19. The molecule has 0 atom stereocenters. The molecule has 0 N–H and O–H groups in total. The van der Waals surface area contributed by atoms with Gasteiger partial charge in [0.1, 0.15) is 0 Å². The van der Waals surface area contributed by atoms with Crippen molar-refractivity contribution < 1.29 is 4.48 Å². The van der Waals surface area contributed by atoms with E-state index in [-0.39, 0.29) is 0 Å². The smallest absolute Gasteiger partial charge is 0.0788 e. The lowest BCUT2D eigenvalue weighted by molar-refractivity contribution is -0.917. The Kier molecular flexibility index (Phi) is 19.4. The summed E-state index contributed by atoms with van der Waals surface area (Å²) in [5.41, 5.74) is 0. The van der Waals surface area contributed by atoms with Crippen molar-refractivity contribution in [3.05, 3.63) is 0 Å². The monoisotopic (exact) mass is 422 g/mol. The Labute approximate surface area is 192 Å². The third-order valence-corrected chi connectivity index (χ3v) is 7.74. The Balaban J connectivity index is 1.88. The molecule has 0 unspecified atom stereocenters. The highest BCUT2D eigenvalue weighted by atomic mass is 15.4. The van der Waals surface area contributed by atoms with E-state index in [4.69, 9.17) is 0 Å². The van der Waals surface area contributed by atoms with Crippen LogP contribution in [-0.4, -0.2) is 30.7 Å². The lowest BCUT2D eigenvalue weighted by Crippen LogP contribution is -2.46. The Hall–Kier alpha value is -0.0400. The molecule has 1 heteroatoms. The zero-order chi connectivity index (χ0) is 21.6. The zero-order valence-corrected chi connectivity index (χ0v) is 21.5. The predicted molar refractivity (Wildman–Crippen MR) is 137 cm³/mol. The first-order valence-electron chi connectivity index (χ1n) is 14.7. The summed E-state index contributed by atoms with van der Waals surface area (Å²) in [5.74, 6) is 0. The average Bonchev–Trinajstić information content (AvgIpc) is 3.22. The summed E-state index contributed by atoms with van der Waals surface area (Å²) in [4.78, 5) is 0. The molecule has 1 saturated heterocycles. The molecule has 1 rings (SSSR count). The van der Waals surface area contributed by atoms with Crippen molar-refractivity contribution >= 4 is 0 Å². The predicted octanol–water partition coefficient (Wildman–Crippen LogP) is 9.83. The minimum atomic E-state index is 1.37. The fourth-order valence-electron chi connectivity index (χ4n) is 5.61. The second-order valence-electron chi connectivity index (χ2n) is 10.7. The lowest BCUT2D eigenvalue weighted by atomic mass is 10.0. The van der Waals surface area contributed by atoms with Crippen molar-refractivity contribution in [3.8, 4) is 0 Å². The molecule has 0 saturated carbocycles. The van der Waals surface area contributed by atoms with Gasteiger partial charge in [0, 0.05) is 12.8 Å². The number of hydrogen-bond acceptors (Lipinski definition) is 0. The Bertz CT molecular complexity index is 331. The van der Waals surface area contributed by atoms with Crippen molar-refractivity contribution in [2.75, 3.05) is 26.2 Å². The standard InChI is InChI=1S/C29H60N/c1-3-5-7-9-11-12-13-14-15-16-17-18-19-21-23-27-30(28-24-25-29-30)26-22-20-10-8-6-4-2/h3-29H2,1-2H3/q+1. The molecule has 0 bridgehead atoms. The first kappa shape index (κ1) is 28.0. The molecule has 0 spiro atoms. The number of quaternary nitrogens is 1. The van der Waals surface area contributed by atoms with Crippen LogP contribution >= 0.6 is 0 Å². The van der Waals surface area contributed by atoms with Crippen LogP contribution in [0, 0.1) is 0 Å². The normalized spacial score (nSPS) is 15.8. The largest absolute Gasteiger partial charge is 0.324 e. The SMILES string of the molecule is CCCCCCCCCCCCCCCCC[N+]1(CCCCCCCC)CCCC1. The van der Waals surface area contributed by atoms with E-state index in [2.05, 4.69) is 13.8 Å². The van der Waals surface area contributed by atoms with Gasteiger partial charge in [0.25, 0.3) is 0 Å². The van der Waals surface area contributed by atoms with E-state index >= 15 is 0 Å². The van der Waals surface area contributed by atoms with Crippen molar-refractivity contribution in [3.63, 3.8) is 0 Å². The van der Waals surface area contributed by atoms with E-state index in [9.17, 15) is 0 Å². The van der Waals surface area contributed by atoms with Crippen molar-refractivity contribution in [2.45, 2.75) is 162 Å². The van der Waals surface area contributed by atoms with E-state index < -0.39 is 0 Å². The van der Waals surface area contributed by atoms with E-state index in [1.54, 1.807) is 0 Å². The minimum Gasteiger partial charge on any atom is -0.324 e. The molecule has 0 amide bonds. The van der Waals surface area contributed by atoms with E-state index in [0.29, 0.717) is 0 Å². The van der Waals surface area contributed by atoms with Crippen LogP contribution in [0.2, 0.25) is 0 Å². The molecule has 1 fully saturated rings. The van der Waals surface area contributed by atoms with Gasteiger partial charge in [-0.1, -0.05) is 123 Å². The van der Waals surface area contributed by atoms with Gasteiger partial charge < -0.3 is 4.48 Å². The summed E-state index contributed by atoms with van der Waals surface area (Å²) < 4.78 is 1.49. The molecule has 0 aliphatic carbocycles. The van der Waals surface area contributed by atoms with Crippen LogP contribution in [0.25, 0.3) is 0 Å². The van der Waals surface area contributed by atoms with E-state index in [1.165, 1.54) is 178 Å². The van der Waals surface area contributed by atoms with Crippen molar-refractivity contribution in [1.29, 1.82) is 0 Å². The van der Waals surface area contributed by atoms with Crippen LogP contribution in [0.15, 0.2) is 0 Å². The van der Waals surface area contributed by atoms with Crippen LogP contribution in [-0.2, 0) is 0 Å². The maximum atomic E-state index is 2.32. The van der Waals surface area contributed by atoms with Crippen LogP contribution in [0.1, 0.15) is 162 Å². The quantitative estimate of drug-likeness (QED) is 0.113. The third-order valence-electron chi connectivity index (χ3n) is 7.74. The molecule has 1 heterocycles. The Morgan fingerprint density at radius 1 is 0.367 bits per heavy atom. The molecule has 1 aliphatic rings. The number of hydrogen-bond donors (Lipinski definition) is 0. The van der Waals surface area contributed by atoms with Crippen LogP contribution in [0.4, 0.5) is 0 Å². The van der Waals surface area contributed by atoms with Gasteiger partial charge in [-0.3, -0.25) is 0 Å². The summed E-state index contributed by atoms with van der Waals surface area (Å²) in [6.45, 7) is 10.6. The molecular formula is C29H60N+. The second kappa shape index (κ2) is 20.8. The summed E-state index contributed by atoms with van der Waals surface area (Å²) in [7, 11) is 0. The summed E-state index contributed by atoms with van der Waals surface area (Å²) in [5, 5.41) is 0. The lowest BCUT2D eigenvalue weighted by Gasteiger charge is -2.34. The first-order chi connectivity index (χ1) is 14.8. The zero-order valence-electron chi connectivity index (χ0n) is 21.5. The van der Waals surface area contributed by atoms with Gasteiger partial charge in [-0.2, -0.15) is 0 Å². The number of likely N-dealkylation sites (tertiary alicyclic amines) is 1. The number of rotatable bonds is 23. The highest BCUT2D eigenvalue weighted by molar-refractivity contribution is 4.57. The van der Waals surface area contributed by atoms with Gasteiger partial charge in [0.05, 0.1) is 26.2 Å². The average molecular weight is 423 g/mol. The number of nitrogens with zero attached hydrogens (tertiary/aromatic N) is 1. The van der Waals surface area contributed by atoms with Crippen molar-refractivity contribution in [2.24, 2.45) is 0 Å². The van der Waals surface area contributed by atoms with E-state index in [1.807, 2.05) is 0 Å². The Morgan fingerprint density at radius 2 is 0.633 bits per heavy atom. The van der Waals surface area contributed by atoms with Gasteiger partial charge in [0.2, 0.25) is 0 Å². The summed E-state index contributed by atoms with van der Waals surface area (Å²) in [6.07, 6.45) is 33.9. The van der Waals surface area contributed by atoms with Gasteiger partial charge in [-0.25, -0.2) is 0 Å². The molecule has 1 nitrogen and oxygen atoms in total. The molecule has 0 radical (unpaired) electrons. The van der Waals surface area contributed by atoms with Gasteiger partial charge in [-0.05, 0) is 25.7 Å². The van der Waals surface area contributed by atoms with Gasteiger partial charge in [-0.15, -0.1) is 0 Å². The second-order valence-corrected chi connectivity index (χ2v) is 10.7. The highest BCUT2D eigenvalue weighted by Crippen LogP contribution is 2.23. The van der Waals surface area contributed by atoms with Crippen LogP contribution in [0.3, 0.4) is 0 Å². The van der Waals surface area contributed by atoms with E-state index in [0.717, 1.165) is 0 Å². The first-order valence-corrected chi connectivity index (χ1v) is 14.7. The molecule has 0 aromatic heterocycles.